The van der Waals surface area contributed by atoms with Crippen LogP contribution in [0.2, 0.25) is 0 Å². The second kappa shape index (κ2) is 5.69. The molecule has 0 radical (unpaired) electrons. The third-order valence-electron chi connectivity index (χ3n) is 2.72. The number of halogens is 2. The van der Waals surface area contributed by atoms with E-state index in [1.807, 2.05) is 19.1 Å². The molecule has 2 aromatic rings. The first kappa shape index (κ1) is 12.6. The molecule has 0 spiro atoms. The molecule has 0 aliphatic heterocycles. The van der Waals surface area contributed by atoms with Crippen molar-refractivity contribution in [1.82, 2.24) is 10.3 Å². The van der Waals surface area contributed by atoms with Gasteiger partial charge in [0.1, 0.15) is 11.6 Å². The maximum atomic E-state index is 13.0. The zero-order valence-corrected chi connectivity index (χ0v) is 10.0. The molecule has 0 aliphatic rings. The minimum atomic E-state index is -0.555. The Hall–Kier alpha value is -1.81. The Morgan fingerprint density at radius 2 is 1.94 bits per heavy atom. The molecule has 0 amide bonds. The van der Waals surface area contributed by atoms with E-state index in [-0.39, 0.29) is 6.04 Å². The predicted octanol–water partition coefficient (Wildman–Crippen LogP) is 3.21. The zero-order valence-electron chi connectivity index (χ0n) is 10.0. The van der Waals surface area contributed by atoms with Gasteiger partial charge in [-0.2, -0.15) is 0 Å². The Kier molecular flexibility index (Phi) is 3.99. The molecule has 94 valence electrons. The van der Waals surface area contributed by atoms with Crippen molar-refractivity contribution in [3.63, 3.8) is 0 Å². The lowest BCUT2D eigenvalue weighted by Gasteiger charge is -2.13. The molecule has 2 nitrogen and oxygen atoms in total. The largest absolute Gasteiger partial charge is 0.306 e. The van der Waals surface area contributed by atoms with Crippen molar-refractivity contribution in [2.45, 2.75) is 19.5 Å². The highest BCUT2D eigenvalue weighted by molar-refractivity contribution is 5.19. The number of benzene rings is 1. The number of hydrogen-bond donors (Lipinski definition) is 1. The highest BCUT2D eigenvalue weighted by Gasteiger charge is 2.06. The van der Waals surface area contributed by atoms with Gasteiger partial charge < -0.3 is 5.32 Å². The third-order valence-corrected chi connectivity index (χ3v) is 2.72. The van der Waals surface area contributed by atoms with Gasteiger partial charge in [-0.1, -0.05) is 6.07 Å². The summed E-state index contributed by atoms with van der Waals surface area (Å²) in [4.78, 5) is 4.03. The van der Waals surface area contributed by atoms with Crippen LogP contribution >= 0.6 is 0 Å². The molecule has 0 aliphatic carbocycles. The van der Waals surface area contributed by atoms with Crippen LogP contribution in [0.1, 0.15) is 24.1 Å². The van der Waals surface area contributed by atoms with Crippen molar-refractivity contribution in [2.75, 3.05) is 0 Å². The molecule has 1 heterocycles. The van der Waals surface area contributed by atoms with Crippen LogP contribution in [0.4, 0.5) is 8.78 Å². The fraction of sp³-hybridized carbons (Fsp3) is 0.214. The standard InChI is InChI=1S/C14H14F2N2/c1-10(12-3-2-4-17-9-12)18-8-11-5-13(15)7-14(16)6-11/h2-7,9-10,18H,8H2,1H3. The highest BCUT2D eigenvalue weighted by Crippen LogP contribution is 2.12. The maximum Gasteiger partial charge on any atom is 0.126 e. The van der Waals surface area contributed by atoms with Gasteiger partial charge in [-0.3, -0.25) is 4.98 Å². The van der Waals surface area contributed by atoms with Crippen LogP contribution in [0.25, 0.3) is 0 Å². The van der Waals surface area contributed by atoms with Gasteiger partial charge in [0.2, 0.25) is 0 Å². The van der Waals surface area contributed by atoms with E-state index in [0.29, 0.717) is 12.1 Å². The second-order valence-corrected chi connectivity index (χ2v) is 4.17. The molecule has 18 heavy (non-hydrogen) atoms. The van der Waals surface area contributed by atoms with Crippen LogP contribution < -0.4 is 5.32 Å². The molecule has 0 fully saturated rings. The number of hydrogen-bond acceptors (Lipinski definition) is 2. The molecule has 0 saturated carbocycles. The molecule has 1 aromatic heterocycles. The van der Waals surface area contributed by atoms with Crippen molar-refractivity contribution >= 4 is 0 Å². The van der Waals surface area contributed by atoms with E-state index in [9.17, 15) is 8.78 Å². The van der Waals surface area contributed by atoms with Crippen molar-refractivity contribution in [2.24, 2.45) is 0 Å². The summed E-state index contributed by atoms with van der Waals surface area (Å²) in [6.07, 6.45) is 3.47. The van der Waals surface area contributed by atoms with E-state index < -0.39 is 11.6 Å². The molecule has 1 N–H and O–H groups in total. The van der Waals surface area contributed by atoms with Crippen LogP contribution in [0, 0.1) is 11.6 Å². The Morgan fingerprint density at radius 1 is 1.22 bits per heavy atom. The Bertz CT molecular complexity index is 494. The molecule has 1 aromatic carbocycles. The van der Waals surface area contributed by atoms with Crippen LogP contribution in [0.3, 0.4) is 0 Å². The fourth-order valence-corrected chi connectivity index (χ4v) is 1.73. The average molecular weight is 248 g/mol. The van der Waals surface area contributed by atoms with Crippen LogP contribution in [0.5, 0.6) is 0 Å². The van der Waals surface area contributed by atoms with Gasteiger partial charge in [0.25, 0.3) is 0 Å². The van der Waals surface area contributed by atoms with E-state index >= 15 is 0 Å². The Balaban J connectivity index is 1.99. The molecule has 1 unspecified atom stereocenters. The molecular formula is C14H14F2N2. The number of nitrogens with one attached hydrogen (secondary N) is 1. The first-order valence-corrected chi connectivity index (χ1v) is 5.73. The topological polar surface area (TPSA) is 24.9 Å². The lowest BCUT2D eigenvalue weighted by atomic mass is 10.1. The maximum absolute atomic E-state index is 13.0. The molecule has 0 saturated heterocycles. The third kappa shape index (κ3) is 3.34. The molecule has 4 heteroatoms. The van der Waals surface area contributed by atoms with Crippen molar-refractivity contribution in [3.8, 4) is 0 Å². The lowest BCUT2D eigenvalue weighted by Crippen LogP contribution is -2.18. The van der Waals surface area contributed by atoms with Gasteiger partial charge in [-0.15, -0.1) is 0 Å². The van der Waals surface area contributed by atoms with Gasteiger partial charge in [0, 0.05) is 31.0 Å². The summed E-state index contributed by atoms with van der Waals surface area (Å²) in [5.74, 6) is -1.11. The van der Waals surface area contributed by atoms with Gasteiger partial charge in [0.05, 0.1) is 0 Å². The molecule has 1 atom stereocenters. The van der Waals surface area contributed by atoms with Gasteiger partial charge in [-0.05, 0) is 36.2 Å². The summed E-state index contributed by atoms with van der Waals surface area (Å²) in [6, 6.07) is 7.41. The molecule has 2 rings (SSSR count). The van der Waals surface area contributed by atoms with Crippen LogP contribution in [0.15, 0.2) is 42.7 Å². The van der Waals surface area contributed by atoms with E-state index in [2.05, 4.69) is 10.3 Å². The van der Waals surface area contributed by atoms with Gasteiger partial charge in [0.15, 0.2) is 0 Å². The lowest BCUT2D eigenvalue weighted by molar-refractivity contribution is 0.553. The van der Waals surface area contributed by atoms with Crippen molar-refractivity contribution in [3.05, 3.63) is 65.5 Å². The van der Waals surface area contributed by atoms with Gasteiger partial charge >= 0.3 is 0 Å². The SMILES string of the molecule is CC(NCc1cc(F)cc(F)c1)c1cccnc1. The first-order chi connectivity index (χ1) is 8.65. The van der Waals surface area contributed by atoms with Crippen LogP contribution in [-0.2, 0) is 6.54 Å². The number of nitrogens with zero attached hydrogens (tertiary/aromatic N) is 1. The van der Waals surface area contributed by atoms with E-state index in [4.69, 9.17) is 0 Å². The Morgan fingerprint density at radius 3 is 2.56 bits per heavy atom. The predicted molar refractivity (Wildman–Crippen MR) is 65.8 cm³/mol. The highest BCUT2D eigenvalue weighted by atomic mass is 19.1. The molecule has 0 bridgehead atoms. The molecular weight excluding hydrogens is 234 g/mol. The summed E-state index contributed by atoms with van der Waals surface area (Å²) in [5.41, 5.74) is 1.62. The second-order valence-electron chi connectivity index (χ2n) is 4.17. The number of aromatic nitrogens is 1. The number of pyridine rings is 1. The fourth-order valence-electron chi connectivity index (χ4n) is 1.73. The zero-order chi connectivity index (χ0) is 13.0. The van der Waals surface area contributed by atoms with Gasteiger partial charge in [-0.25, -0.2) is 8.78 Å². The van der Waals surface area contributed by atoms with E-state index in [1.54, 1.807) is 12.4 Å². The minimum absolute atomic E-state index is 0.0741. The van der Waals surface area contributed by atoms with Crippen LogP contribution in [-0.4, -0.2) is 4.98 Å². The van der Waals surface area contributed by atoms with E-state index in [1.165, 1.54) is 12.1 Å². The monoisotopic (exact) mass is 248 g/mol. The summed E-state index contributed by atoms with van der Waals surface area (Å²) in [6.45, 7) is 2.39. The summed E-state index contributed by atoms with van der Waals surface area (Å²) in [7, 11) is 0. The van der Waals surface area contributed by atoms with E-state index in [0.717, 1.165) is 11.6 Å². The van der Waals surface area contributed by atoms with Crippen molar-refractivity contribution in [1.29, 1.82) is 0 Å². The smallest absolute Gasteiger partial charge is 0.126 e. The number of rotatable bonds is 4. The summed E-state index contributed by atoms with van der Waals surface area (Å²) >= 11 is 0. The Labute approximate surface area is 105 Å². The van der Waals surface area contributed by atoms with Crippen molar-refractivity contribution < 1.29 is 8.78 Å². The quantitative estimate of drug-likeness (QED) is 0.898. The normalized spacial score (nSPS) is 12.4. The summed E-state index contributed by atoms with van der Waals surface area (Å²) < 4.78 is 26.0. The first-order valence-electron chi connectivity index (χ1n) is 5.73. The summed E-state index contributed by atoms with van der Waals surface area (Å²) in [5, 5.41) is 3.20. The average Bonchev–Trinajstić information content (AvgIpc) is 2.36. The minimum Gasteiger partial charge on any atom is -0.306 e.